The normalized spacial score (nSPS) is 23.7. The summed E-state index contributed by atoms with van der Waals surface area (Å²) in [7, 11) is 0. The van der Waals surface area contributed by atoms with E-state index in [1.807, 2.05) is 20.8 Å². The topological polar surface area (TPSA) is 44.8 Å². The summed E-state index contributed by atoms with van der Waals surface area (Å²) < 4.78 is 16.0. The van der Waals surface area contributed by atoms with Crippen molar-refractivity contribution >= 4 is 5.97 Å². The number of carbonyl (C=O) groups is 1. The molecule has 0 fully saturated rings. The lowest BCUT2D eigenvalue weighted by molar-refractivity contribution is -0.216. The summed E-state index contributed by atoms with van der Waals surface area (Å²) in [4.78, 5) is 11.6. The summed E-state index contributed by atoms with van der Waals surface area (Å²) in [6.07, 6.45) is 3.22. The van der Waals surface area contributed by atoms with E-state index in [1.54, 1.807) is 26.2 Å². The number of esters is 1. The van der Waals surface area contributed by atoms with Crippen molar-refractivity contribution in [3.05, 3.63) is 12.3 Å². The molecule has 0 spiro atoms. The first-order valence-electron chi connectivity index (χ1n) is 5.42. The molecule has 1 unspecified atom stereocenters. The summed E-state index contributed by atoms with van der Waals surface area (Å²) in [6.45, 7) is 9.14. The molecule has 1 atom stereocenters. The third-order valence-electron chi connectivity index (χ3n) is 1.87. The molecule has 4 heteroatoms. The van der Waals surface area contributed by atoms with Crippen molar-refractivity contribution in [1.29, 1.82) is 0 Å². The van der Waals surface area contributed by atoms with Gasteiger partial charge >= 0.3 is 5.97 Å². The Morgan fingerprint density at radius 1 is 1.44 bits per heavy atom. The quantitative estimate of drug-likeness (QED) is 0.681. The SMILES string of the molecule is CC(C)(C)OC(=O)CC1C=COC(C)(C)O1. The maximum atomic E-state index is 11.6. The van der Waals surface area contributed by atoms with Gasteiger partial charge in [-0.15, -0.1) is 0 Å². The first-order chi connectivity index (χ1) is 7.18. The summed E-state index contributed by atoms with van der Waals surface area (Å²) in [5, 5.41) is 0. The molecule has 0 aromatic carbocycles. The monoisotopic (exact) mass is 228 g/mol. The molecule has 0 aliphatic carbocycles. The predicted molar refractivity (Wildman–Crippen MR) is 59.6 cm³/mol. The zero-order valence-electron chi connectivity index (χ0n) is 10.6. The summed E-state index contributed by atoms with van der Waals surface area (Å²) in [6, 6.07) is 0. The first-order valence-corrected chi connectivity index (χ1v) is 5.42. The summed E-state index contributed by atoms with van der Waals surface area (Å²) >= 11 is 0. The first kappa shape index (κ1) is 13.0. The van der Waals surface area contributed by atoms with Gasteiger partial charge in [0.2, 0.25) is 5.79 Å². The molecule has 1 rings (SSSR count). The van der Waals surface area contributed by atoms with Crippen molar-refractivity contribution < 1.29 is 19.0 Å². The molecule has 0 amide bonds. The van der Waals surface area contributed by atoms with Gasteiger partial charge in [-0.2, -0.15) is 0 Å². The van der Waals surface area contributed by atoms with E-state index in [1.165, 1.54) is 0 Å². The van der Waals surface area contributed by atoms with Crippen LogP contribution in [0.15, 0.2) is 12.3 Å². The number of hydrogen-bond acceptors (Lipinski definition) is 4. The number of ether oxygens (including phenoxy) is 3. The Morgan fingerprint density at radius 2 is 2.06 bits per heavy atom. The van der Waals surface area contributed by atoms with Gasteiger partial charge in [0.05, 0.1) is 18.8 Å². The Kier molecular flexibility index (Phi) is 3.63. The Hall–Kier alpha value is -1.03. The van der Waals surface area contributed by atoms with Gasteiger partial charge in [-0.25, -0.2) is 0 Å². The molecule has 0 saturated heterocycles. The van der Waals surface area contributed by atoms with Crippen LogP contribution in [-0.2, 0) is 19.0 Å². The Labute approximate surface area is 96.6 Å². The van der Waals surface area contributed by atoms with Gasteiger partial charge in [0.25, 0.3) is 0 Å². The number of rotatable bonds is 2. The van der Waals surface area contributed by atoms with Gasteiger partial charge in [-0.1, -0.05) is 0 Å². The third kappa shape index (κ3) is 4.66. The molecular formula is C12H20O4. The van der Waals surface area contributed by atoms with Crippen LogP contribution in [0.2, 0.25) is 0 Å². The lowest BCUT2D eigenvalue weighted by atomic mass is 10.1. The second-order valence-electron chi connectivity index (χ2n) is 5.29. The smallest absolute Gasteiger partial charge is 0.309 e. The van der Waals surface area contributed by atoms with E-state index in [4.69, 9.17) is 14.2 Å². The second kappa shape index (κ2) is 4.45. The van der Waals surface area contributed by atoms with Gasteiger partial charge in [0, 0.05) is 13.8 Å². The molecule has 0 radical (unpaired) electrons. The van der Waals surface area contributed by atoms with Gasteiger partial charge in [0.15, 0.2) is 0 Å². The van der Waals surface area contributed by atoms with Crippen LogP contribution in [0.3, 0.4) is 0 Å². The van der Waals surface area contributed by atoms with E-state index < -0.39 is 11.4 Å². The lowest BCUT2D eigenvalue weighted by Crippen LogP contribution is -2.36. The van der Waals surface area contributed by atoms with Crippen LogP contribution in [-0.4, -0.2) is 23.5 Å². The summed E-state index contributed by atoms with van der Waals surface area (Å²) in [5.41, 5.74) is -0.457. The van der Waals surface area contributed by atoms with E-state index in [0.717, 1.165) is 0 Å². The minimum atomic E-state index is -0.679. The van der Waals surface area contributed by atoms with Crippen molar-refractivity contribution in [1.82, 2.24) is 0 Å². The Balaban J connectivity index is 2.46. The minimum absolute atomic E-state index is 0.209. The molecule has 1 aliphatic rings. The van der Waals surface area contributed by atoms with Crippen molar-refractivity contribution in [2.45, 2.75) is 58.5 Å². The van der Waals surface area contributed by atoms with E-state index >= 15 is 0 Å². The van der Waals surface area contributed by atoms with Gasteiger partial charge in [0.1, 0.15) is 5.60 Å². The highest BCUT2D eigenvalue weighted by Crippen LogP contribution is 2.22. The largest absolute Gasteiger partial charge is 0.471 e. The molecule has 1 aliphatic heterocycles. The minimum Gasteiger partial charge on any atom is -0.471 e. The van der Waals surface area contributed by atoms with Crippen LogP contribution in [0.1, 0.15) is 41.0 Å². The van der Waals surface area contributed by atoms with E-state index in [-0.39, 0.29) is 18.5 Å². The van der Waals surface area contributed by atoms with Crippen molar-refractivity contribution in [3.8, 4) is 0 Å². The molecule has 16 heavy (non-hydrogen) atoms. The molecule has 0 bridgehead atoms. The molecule has 1 heterocycles. The average molecular weight is 228 g/mol. The molecule has 0 aromatic rings. The summed E-state index contributed by atoms with van der Waals surface area (Å²) in [5.74, 6) is -0.943. The van der Waals surface area contributed by atoms with Crippen LogP contribution >= 0.6 is 0 Å². The van der Waals surface area contributed by atoms with E-state index in [9.17, 15) is 4.79 Å². The van der Waals surface area contributed by atoms with Crippen LogP contribution in [0.25, 0.3) is 0 Å². The van der Waals surface area contributed by atoms with Gasteiger partial charge < -0.3 is 14.2 Å². The van der Waals surface area contributed by atoms with Crippen molar-refractivity contribution in [2.24, 2.45) is 0 Å². The van der Waals surface area contributed by atoms with Crippen LogP contribution in [0, 0.1) is 0 Å². The Morgan fingerprint density at radius 3 is 2.56 bits per heavy atom. The molecular weight excluding hydrogens is 208 g/mol. The standard InChI is InChI=1S/C12H20O4/c1-11(2,3)16-10(13)8-9-6-7-14-12(4,5)15-9/h6-7,9H,8H2,1-5H3. The van der Waals surface area contributed by atoms with Crippen molar-refractivity contribution in [2.75, 3.05) is 0 Å². The number of hydrogen-bond donors (Lipinski definition) is 0. The maximum absolute atomic E-state index is 11.6. The molecule has 0 N–H and O–H groups in total. The highest BCUT2D eigenvalue weighted by Gasteiger charge is 2.29. The maximum Gasteiger partial charge on any atom is 0.309 e. The fraction of sp³-hybridized carbons (Fsp3) is 0.750. The zero-order chi connectivity index (χ0) is 12.4. The Bertz CT molecular complexity index is 286. The fourth-order valence-electron chi connectivity index (χ4n) is 1.38. The molecule has 92 valence electrons. The zero-order valence-corrected chi connectivity index (χ0v) is 10.6. The lowest BCUT2D eigenvalue weighted by Gasteiger charge is -2.32. The van der Waals surface area contributed by atoms with Crippen LogP contribution < -0.4 is 0 Å². The van der Waals surface area contributed by atoms with Crippen LogP contribution in [0.4, 0.5) is 0 Å². The van der Waals surface area contributed by atoms with Crippen molar-refractivity contribution in [3.63, 3.8) is 0 Å². The fourth-order valence-corrected chi connectivity index (χ4v) is 1.38. The molecule has 0 aromatic heterocycles. The van der Waals surface area contributed by atoms with Gasteiger partial charge in [-0.05, 0) is 26.8 Å². The second-order valence-corrected chi connectivity index (χ2v) is 5.29. The average Bonchev–Trinajstić information content (AvgIpc) is 1.96. The molecule has 4 nitrogen and oxygen atoms in total. The highest BCUT2D eigenvalue weighted by atomic mass is 16.7. The predicted octanol–water partition coefficient (Wildman–Crippen LogP) is 2.38. The highest BCUT2D eigenvalue weighted by molar-refractivity contribution is 5.70. The van der Waals surface area contributed by atoms with Gasteiger partial charge in [-0.3, -0.25) is 4.79 Å². The third-order valence-corrected chi connectivity index (χ3v) is 1.87. The molecule has 0 saturated carbocycles. The van der Waals surface area contributed by atoms with E-state index in [0.29, 0.717) is 0 Å². The number of carbonyl (C=O) groups excluding carboxylic acids is 1. The van der Waals surface area contributed by atoms with Crippen LogP contribution in [0.5, 0.6) is 0 Å². The van der Waals surface area contributed by atoms with E-state index in [2.05, 4.69) is 0 Å².